The Morgan fingerprint density at radius 3 is 2.45 bits per heavy atom. The summed E-state index contributed by atoms with van der Waals surface area (Å²) in [5.74, 6) is -0.379. The molecule has 1 rings (SSSR count). The standard InChI is InChI=1S/C16H25BClNO3/c1-16(2,3)22-10-14(17)15(21)19-13(9-20)8-11-4-6-12(18)7-5-11/h4-7,13-14,20H,8-10,17H2,1-3H3,(H,19,21)/t13?,14-/m1/s1. The number of halogens is 1. The van der Waals surface area contributed by atoms with E-state index in [9.17, 15) is 9.90 Å². The van der Waals surface area contributed by atoms with Crippen LogP contribution in [0.3, 0.4) is 0 Å². The summed E-state index contributed by atoms with van der Waals surface area (Å²) in [7, 11) is 1.82. The lowest BCUT2D eigenvalue weighted by Gasteiger charge is -2.24. The second kappa shape index (κ2) is 8.56. The lowest BCUT2D eigenvalue weighted by molar-refractivity contribution is -0.124. The summed E-state index contributed by atoms with van der Waals surface area (Å²) < 4.78 is 5.62. The fourth-order valence-electron chi connectivity index (χ4n) is 1.86. The van der Waals surface area contributed by atoms with Gasteiger partial charge in [0.1, 0.15) is 7.85 Å². The van der Waals surface area contributed by atoms with Crippen molar-refractivity contribution in [1.29, 1.82) is 0 Å². The molecule has 0 radical (unpaired) electrons. The number of carbonyl (C=O) groups excluding carboxylic acids is 1. The van der Waals surface area contributed by atoms with E-state index in [-0.39, 0.29) is 30.0 Å². The van der Waals surface area contributed by atoms with Crippen molar-refractivity contribution in [2.24, 2.45) is 0 Å². The molecule has 122 valence electrons. The zero-order valence-corrected chi connectivity index (χ0v) is 14.5. The normalized spacial score (nSPS) is 14.4. The summed E-state index contributed by atoms with van der Waals surface area (Å²) in [6.45, 7) is 6.10. The minimum absolute atomic E-state index is 0.110. The maximum Gasteiger partial charge on any atom is 0.217 e. The Morgan fingerprint density at radius 2 is 1.95 bits per heavy atom. The van der Waals surface area contributed by atoms with Crippen LogP contribution in [0, 0.1) is 0 Å². The third-order valence-corrected chi connectivity index (χ3v) is 3.43. The van der Waals surface area contributed by atoms with Crippen molar-refractivity contribution in [3.05, 3.63) is 34.9 Å². The highest BCUT2D eigenvalue weighted by atomic mass is 35.5. The molecule has 0 heterocycles. The molecule has 6 heteroatoms. The zero-order chi connectivity index (χ0) is 16.8. The number of aliphatic hydroxyl groups excluding tert-OH is 1. The van der Waals surface area contributed by atoms with Gasteiger partial charge >= 0.3 is 0 Å². The van der Waals surface area contributed by atoms with Gasteiger partial charge in [0, 0.05) is 10.8 Å². The summed E-state index contributed by atoms with van der Waals surface area (Å²) >= 11 is 5.85. The molecule has 0 saturated heterocycles. The van der Waals surface area contributed by atoms with Crippen LogP contribution in [-0.4, -0.2) is 43.7 Å². The molecule has 0 aliphatic rings. The number of benzene rings is 1. The van der Waals surface area contributed by atoms with E-state index < -0.39 is 0 Å². The van der Waals surface area contributed by atoms with Gasteiger partial charge in [0.05, 0.1) is 24.9 Å². The monoisotopic (exact) mass is 325 g/mol. The fourth-order valence-corrected chi connectivity index (χ4v) is 1.99. The van der Waals surface area contributed by atoms with Crippen LogP contribution in [0.1, 0.15) is 26.3 Å². The lowest BCUT2D eigenvalue weighted by Crippen LogP contribution is -2.42. The zero-order valence-electron chi connectivity index (χ0n) is 13.7. The molecule has 0 saturated carbocycles. The number of aliphatic hydroxyl groups is 1. The largest absolute Gasteiger partial charge is 0.394 e. The van der Waals surface area contributed by atoms with Crippen LogP contribution in [0.25, 0.3) is 0 Å². The molecule has 1 unspecified atom stereocenters. The molecule has 1 aromatic rings. The molecule has 2 N–H and O–H groups in total. The van der Waals surface area contributed by atoms with E-state index in [0.717, 1.165) is 5.56 Å². The molecular formula is C16H25BClNO3. The molecule has 4 nitrogen and oxygen atoms in total. The molecule has 0 spiro atoms. The van der Waals surface area contributed by atoms with Crippen LogP contribution in [0.2, 0.25) is 10.8 Å². The number of nitrogens with one attached hydrogen (secondary N) is 1. The number of hydrogen-bond donors (Lipinski definition) is 2. The number of rotatable bonds is 7. The van der Waals surface area contributed by atoms with Gasteiger partial charge in [0.15, 0.2) is 0 Å². The van der Waals surface area contributed by atoms with Crippen LogP contribution in [0.15, 0.2) is 24.3 Å². The van der Waals surface area contributed by atoms with Gasteiger partial charge in [-0.15, -0.1) is 0 Å². The van der Waals surface area contributed by atoms with Crippen LogP contribution in [0.4, 0.5) is 0 Å². The van der Waals surface area contributed by atoms with Crippen molar-refractivity contribution in [3.8, 4) is 0 Å². The Labute approximate surface area is 138 Å². The predicted octanol–water partition coefficient (Wildman–Crippen LogP) is 1.60. The second-order valence-corrected chi connectivity index (χ2v) is 6.98. The Bertz CT molecular complexity index is 473. The van der Waals surface area contributed by atoms with E-state index in [0.29, 0.717) is 18.1 Å². The van der Waals surface area contributed by atoms with Gasteiger partial charge in [-0.3, -0.25) is 4.79 Å². The van der Waals surface area contributed by atoms with Crippen LogP contribution < -0.4 is 5.32 Å². The van der Waals surface area contributed by atoms with Crippen molar-refractivity contribution >= 4 is 25.4 Å². The molecule has 0 aromatic heterocycles. The molecule has 0 aliphatic carbocycles. The van der Waals surface area contributed by atoms with Gasteiger partial charge in [-0.25, -0.2) is 0 Å². The van der Waals surface area contributed by atoms with E-state index in [1.165, 1.54) is 0 Å². The quantitative estimate of drug-likeness (QED) is 0.749. The minimum atomic E-state index is -0.314. The topological polar surface area (TPSA) is 58.6 Å². The average molecular weight is 326 g/mol. The van der Waals surface area contributed by atoms with E-state index in [1.807, 2.05) is 40.8 Å². The van der Waals surface area contributed by atoms with Crippen LogP contribution in [0.5, 0.6) is 0 Å². The molecular weight excluding hydrogens is 300 g/mol. The summed E-state index contributed by atoms with van der Waals surface area (Å²) in [4.78, 5) is 12.2. The molecule has 0 aliphatic heterocycles. The van der Waals surface area contributed by atoms with Crippen LogP contribution in [-0.2, 0) is 16.0 Å². The summed E-state index contributed by atoms with van der Waals surface area (Å²) in [5, 5.41) is 13.0. The molecule has 22 heavy (non-hydrogen) atoms. The summed E-state index contributed by atoms with van der Waals surface area (Å²) in [6, 6.07) is 7.07. The van der Waals surface area contributed by atoms with Crippen molar-refractivity contribution in [2.75, 3.05) is 13.2 Å². The van der Waals surface area contributed by atoms with E-state index >= 15 is 0 Å². The Balaban J connectivity index is 2.50. The van der Waals surface area contributed by atoms with Crippen LogP contribution >= 0.6 is 11.6 Å². The third kappa shape index (κ3) is 7.30. The molecule has 0 bridgehead atoms. The predicted molar refractivity (Wildman–Crippen MR) is 92.2 cm³/mol. The maximum absolute atomic E-state index is 12.2. The average Bonchev–Trinajstić information content (AvgIpc) is 2.45. The van der Waals surface area contributed by atoms with Gasteiger partial charge in [-0.2, -0.15) is 0 Å². The first-order valence-corrected chi connectivity index (χ1v) is 7.88. The van der Waals surface area contributed by atoms with Gasteiger partial charge in [0.25, 0.3) is 0 Å². The minimum Gasteiger partial charge on any atom is -0.394 e. The lowest BCUT2D eigenvalue weighted by atomic mass is 9.87. The number of ether oxygens (including phenoxy) is 1. The molecule has 1 amide bonds. The van der Waals surface area contributed by atoms with Crippen molar-refractivity contribution in [3.63, 3.8) is 0 Å². The first-order valence-electron chi connectivity index (χ1n) is 7.51. The smallest absolute Gasteiger partial charge is 0.217 e. The number of amides is 1. The first-order chi connectivity index (χ1) is 10.2. The highest BCUT2D eigenvalue weighted by Crippen LogP contribution is 2.13. The second-order valence-electron chi connectivity index (χ2n) is 6.54. The molecule has 0 fully saturated rings. The van der Waals surface area contributed by atoms with Crippen molar-refractivity contribution in [1.82, 2.24) is 5.32 Å². The Kier molecular flexibility index (Phi) is 7.40. The first kappa shape index (κ1) is 19.0. The van der Waals surface area contributed by atoms with Gasteiger partial charge < -0.3 is 15.2 Å². The van der Waals surface area contributed by atoms with Crippen molar-refractivity contribution in [2.45, 2.75) is 44.7 Å². The highest BCUT2D eigenvalue weighted by molar-refractivity contribution is 6.30. The Morgan fingerprint density at radius 1 is 1.36 bits per heavy atom. The van der Waals surface area contributed by atoms with Gasteiger partial charge in [-0.1, -0.05) is 23.7 Å². The molecule has 1 aromatic carbocycles. The fraction of sp³-hybridized carbons (Fsp3) is 0.562. The highest BCUT2D eigenvalue weighted by Gasteiger charge is 2.20. The maximum atomic E-state index is 12.2. The number of hydrogen-bond acceptors (Lipinski definition) is 3. The van der Waals surface area contributed by atoms with Crippen molar-refractivity contribution < 1.29 is 14.6 Å². The van der Waals surface area contributed by atoms with E-state index in [1.54, 1.807) is 12.1 Å². The van der Waals surface area contributed by atoms with Gasteiger partial charge in [-0.05, 0) is 44.9 Å². The Hall–Kier alpha value is -1.04. The summed E-state index contributed by atoms with van der Waals surface area (Å²) in [5.41, 5.74) is 0.746. The van der Waals surface area contributed by atoms with E-state index in [4.69, 9.17) is 16.3 Å². The number of carbonyl (C=O) groups is 1. The molecule has 2 atom stereocenters. The van der Waals surface area contributed by atoms with E-state index in [2.05, 4.69) is 5.32 Å². The van der Waals surface area contributed by atoms with Gasteiger partial charge in [0.2, 0.25) is 5.91 Å². The summed E-state index contributed by atoms with van der Waals surface area (Å²) in [6.07, 6.45) is 0.562. The SMILES string of the molecule is B[C@H](COC(C)(C)C)C(=O)NC(CO)Cc1ccc(Cl)cc1. The third-order valence-electron chi connectivity index (χ3n) is 3.18.